The summed E-state index contributed by atoms with van der Waals surface area (Å²) in [7, 11) is -3.96. The summed E-state index contributed by atoms with van der Waals surface area (Å²) in [5.74, 6) is 1.14. The van der Waals surface area contributed by atoms with Crippen molar-refractivity contribution in [1.29, 1.82) is 0 Å². The van der Waals surface area contributed by atoms with Crippen LogP contribution in [0.5, 0.6) is 0 Å². The average Bonchev–Trinajstić information content (AvgIpc) is 2.52. The number of nitrogens with zero attached hydrogens (tertiary/aromatic N) is 1. The molecule has 2 unspecified atom stereocenters. The summed E-state index contributed by atoms with van der Waals surface area (Å²) < 4.78 is 26.2. The number of sulfonamides is 1. The van der Waals surface area contributed by atoms with Crippen LogP contribution in [0.3, 0.4) is 0 Å². The van der Waals surface area contributed by atoms with Crippen LogP contribution in [0.25, 0.3) is 0 Å². The van der Waals surface area contributed by atoms with E-state index in [4.69, 9.17) is 4.84 Å². The maximum absolute atomic E-state index is 12.2. The van der Waals surface area contributed by atoms with Gasteiger partial charge in [0.05, 0.1) is 10.6 Å². The lowest BCUT2D eigenvalue weighted by Crippen LogP contribution is -2.32. The first kappa shape index (κ1) is 19.4. The van der Waals surface area contributed by atoms with Gasteiger partial charge in [0.25, 0.3) is 10.0 Å². The Hall–Kier alpha value is -1.89. The predicted octanol–water partition coefficient (Wildman–Crippen LogP) is 3.86. The van der Waals surface area contributed by atoms with Crippen molar-refractivity contribution >= 4 is 21.8 Å². The van der Waals surface area contributed by atoms with Crippen molar-refractivity contribution in [3.8, 4) is 0 Å². The van der Waals surface area contributed by atoms with Crippen LogP contribution in [0, 0.1) is 24.7 Å². The number of rotatable bonds is 4. The molecule has 1 aromatic carbocycles. The Balaban J connectivity index is 2.04. The van der Waals surface area contributed by atoms with E-state index in [1.54, 1.807) is 12.1 Å². The smallest absolute Gasteiger partial charge is 0.297 e. The molecule has 1 aliphatic carbocycles. The number of carbonyl (C=O) groups excluding carboxylic acids is 1. The zero-order chi connectivity index (χ0) is 18.6. The number of carbonyl (C=O) groups is 1. The lowest BCUT2D eigenvalue weighted by molar-refractivity contribution is 0.154. The van der Waals surface area contributed by atoms with Crippen molar-refractivity contribution in [3.05, 3.63) is 29.8 Å². The number of amides is 1. The van der Waals surface area contributed by atoms with Gasteiger partial charge < -0.3 is 0 Å². The molecule has 0 spiro atoms. The number of hydrogen-bond acceptors (Lipinski definition) is 5. The van der Waals surface area contributed by atoms with Gasteiger partial charge in [0.2, 0.25) is 0 Å². The second kappa shape index (κ2) is 7.99. The first-order valence-electron chi connectivity index (χ1n) is 8.56. The van der Waals surface area contributed by atoms with Crippen molar-refractivity contribution in [2.45, 2.75) is 51.9 Å². The Bertz CT molecular complexity index is 739. The van der Waals surface area contributed by atoms with Gasteiger partial charge in [-0.25, -0.2) is 17.9 Å². The van der Waals surface area contributed by atoms with Gasteiger partial charge in [0.1, 0.15) is 0 Å². The van der Waals surface area contributed by atoms with Crippen molar-refractivity contribution in [2.75, 3.05) is 0 Å². The first-order valence-corrected chi connectivity index (χ1v) is 10.0. The number of benzene rings is 1. The fraction of sp³-hybridized carbons (Fsp3) is 0.556. The molecule has 6 nitrogen and oxygen atoms in total. The summed E-state index contributed by atoms with van der Waals surface area (Å²) in [5.41, 5.74) is 1.76. The lowest BCUT2D eigenvalue weighted by Gasteiger charge is -2.30. The molecule has 0 heterocycles. The highest BCUT2D eigenvalue weighted by Gasteiger charge is 2.28. The third-order valence-corrected chi connectivity index (χ3v) is 5.88. The van der Waals surface area contributed by atoms with Crippen LogP contribution in [0.1, 0.15) is 45.6 Å². The van der Waals surface area contributed by atoms with Crippen molar-refractivity contribution in [1.82, 2.24) is 4.72 Å². The van der Waals surface area contributed by atoms with Gasteiger partial charge in [-0.2, -0.15) is 0 Å². The molecule has 25 heavy (non-hydrogen) atoms. The van der Waals surface area contributed by atoms with E-state index in [1.165, 1.54) is 12.1 Å². The molecular weight excluding hydrogens is 340 g/mol. The molecule has 7 heteroatoms. The highest BCUT2D eigenvalue weighted by atomic mass is 32.2. The Morgan fingerprint density at radius 3 is 2.48 bits per heavy atom. The molecule has 1 N–H and O–H groups in total. The largest absolute Gasteiger partial charge is 0.447 e. The van der Waals surface area contributed by atoms with E-state index < -0.39 is 16.1 Å². The minimum absolute atomic E-state index is 0.00838. The van der Waals surface area contributed by atoms with E-state index in [-0.39, 0.29) is 10.8 Å². The van der Waals surface area contributed by atoms with Gasteiger partial charge in [-0.1, -0.05) is 43.6 Å². The average molecular weight is 366 g/mol. The summed E-state index contributed by atoms with van der Waals surface area (Å²) in [4.78, 5) is 16.7. The molecule has 1 aliphatic rings. The van der Waals surface area contributed by atoms with E-state index in [0.29, 0.717) is 11.8 Å². The molecule has 1 saturated carbocycles. The fourth-order valence-corrected chi connectivity index (χ4v) is 3.94. The predicted molar refractivity (Wildman–Crippen MR) is 96.8 cm³/mol. The normalized spacial score (nSPS) is 22.8. The third-order valence-electron chi connectivity index (χ3n) is 4.56. The third kappa shape index (κ3) is 5.29. The quantitative estimate of drug-likeness (QED) is 0.648. The standard InChI is InChI=1S/C18H26N2O4S/c1-12(2)16-10-7-14(4)11-17(16)19-24-18(21)20-25(22,23)15-8-5-13(3)6-9-15/h5-6,8-9,12,14,16H,7,10-11H2,1-4H3,(H,20,21)/b19-17+. The van der Waals surface area contributed by atoms with E-state index in [2.05, 4.69) is 25.9 Å². The molecule has 0 aliphatic heterocycles. The Kier molecular flexibility index (Phi) is 6.21. The Morgan fingerprint density at radius 2 is 1.88 bits per heavy atom. The first-order chi connectivity index (χ1) is 11.7. The molecule has 0 bridgehead atoms. The van der Waals surface area contributed by atoms with Crippen LogP contribution < -0.4 is 4.72 Å². The molecule has 1 fully saturated rings. The van der Waals surface area contributed by atoms with Gasteiger partial charge in [0, 0.05) is 5.92 Å². The number of aryl methyl sites for hydroxylation is 1. The van der Waals surface area contributed by atoms with Crippen molar-refractivity contribution in [2.24, 2.45) is 22.9 Å². The zero-order valence-corrected chi connectivity index (χ0v) is 16.0. The lowest BCUT2D eigenvalue weighted by atomic mass is 9.76. The summed E-state index contributed by atoms with van der Waals surface area (Å²) in [6.45, 7) is 8.20. The van der Waals surface area contributed by atoms with Crippen LogP contribution in [-0.4, -0.2) is 20.2 Å². The molecule has 1 amide bonds. The second-order valence-corrected chi connectivity index (χ2v) is 8.80. The van der Waals surface area contributed by atoms with Gasteiger partial charge in [-0.05, 0) is 50.2 Å². The summed E-state index contributed by atoms with van der Waals surface area (Å²) >= 11 is 0. The molecule has 2 atom stereocenters. The van der Waals surface area contributed by atoms with Crippen molar-refractivity contribution in [3.63, 3.8) is 0 Å². The molecule has 138 valence electrons. The summed E-state index contributed by atoms with van der Waals surface area (Å²) in [5, 5.41) is 3.97. The van der Waals surface area contributed by atoms with Gasteiger partial charge in [-0.3, -0.25) is 4.84 Å². The van der Waals surface area contributed by atoms with E-state index in [9.17, 15) is 13.2 Å². The summed E-state index contributed by atoms with van der Waals surface area (Å²) in [6, 6.07) is 6.20. The van der Waals surface area contributed by atoms with Crippen LogP contribution in [-0.2, 0) is 14.9 Å². The van der Waals surface area contributed by atoms with E-state index >= 15 is 0 Å². The maximum Gasteiger partial charge on any atom is 0.447 e. The van der Waals surface area contributed by atoms with Crippen LogP contribution in [0.2, 0.25) is 0 Å². The SMILES string of the molecule is Cc1ccc(S(=O)(=O)NC(=O)O/N=C2\CC(C)CCC2C(C)C)cc1. The molecule has 0 aromatic heterocycles. The van der Waals surface area contributed by atoms with Crippen LogP contribution in [0.15, 0.2) is 34.3 Å². The van der Waals surface area contributed by atoms with E-state index in [0.717, 1.165) is 30.5 Å². The van der Waals surface area contributed by atoms with Gasteiger partial charge >= 0.3 is 6.09 Å². The minimum Gasteiger partial charge on any atom is -0.297 e. The van der Waals surface area contributed by atoms with Crippen LogP contribution in [0.4, 0.5) is 4.79 Å². The number of oxime groups is 1. The molecule has 2 rings (SSSR count). The molecule has 0 radical (unpaired) electrons. The maximum atomic E-state index is 12.2. The molecular formula is C18H26N2O4S. The zero-order valence-electron chi connectivity index (χ0n) is 15.2. The topological polar surface area (TPSA) is 84.8 Å². The molecule has 0 saturated heterocycles. The molecule has 1 aromatic rings. The van der Waals surface area contributed by atoms with Crippen molar-refractivity contribution < 1.29 is 18.0 Å². The Morgan fingerprint density at radius 1 is 1.24 bits per heavy atom. The fourth-order valence-electron chi connectivity index (χ4n) is 3.07. The summed E-state index contributed by atoms with van der Waals surface area (Å²) in [6.07, 6.45) is 1.80. The minimum atomic E-state index is -3.96. The van der Waals surface area contributed by atoms with Crippen LogP contribution >= 0.6 is 0 Å². The Labute approximate surface area is 149 Å². The monoisotopic (exact) mass is 366 g/mol. The highest BCUT2D eigenvalue weighted by Crippen LogP contribution is 2.31. The number of hydrogen-bond donors (Lipinski definition) is 1. The van der Waals surface area contributed by atoms with Gasteiger partial charge in [0.15, 0.2) is 0 Å². The number of nitrogens with one attached hydrogen (secondary N) is 1. The second-order valence-electron chi connectivity index (χ2n) is 7.12. The van der Waals surface area contributed by atoms with Gasteiger partial charge in [-0.15, -0.1) is 0 Å². The van der Waals surface area contributed by atoms with E-state index in [1.807, 2.05) is 11.6 Å². The highest BCUT2D eigenvalue weighted by molar-refractivity contribution is 7.90.